The van der Waals surface area contributed by atoms with Gasteiger partial charge in [-0.3, -0.25) is 4.79 Å². The molecule has 0 fully saturated rings. The summed E-state index contributed by atoms with van der Waals surface area (Å²) in [5.74, 6) is -0.930. The highest BCUT2D eigenvalue weighted by Crippen LogP contribution is 2.14. The number of hydrogen-bond acceptors (Lipinski definition) is 3. The zero-order chi connectivity index (χ0) is 15.2. The second-order valence-electron chi connectivity index (χ2n) is 4.54. The molecular weight excluding hydrogens is 273 g/mol. The van der Waals surface area contributed by atoms with E-state index in [-0.39, 0.29) is 12.4 Å². The van der Waals surface area contributed by atoms with Crippen LogP contribution < -0.4 is 10.2 Å². The summed E-state index contributed by atoms with van der Waals surface area (Å²) >= 11 is 0. The van der Waals surface area contributed by atoms with Gasteiger partial charge in [-0.25, -0.2) is 9.82 Å². The third kappa shape index (κ3) is 4.17. The fourth-order valence-electron chi connectivity index (χ4n) is 1.79. The van der Waals surface area contributed by atoms with Gasteiger partial charge in [-0.15, -0.1) is 0 Å². The lowest BCUT2D eigenvalue weighted by atomic mass is 10.3. The predicted molar refractivity (Wildman–Crippen MR) is 77.9 cm³/mol. The number of ether oxygens (including phenoxy) is 1. The molecule has 1 aromatic carbocycles. The van der Waals surface area contributed by atoms with Gasteiger partial charge in [0.1, 0.15) is 0 Å². The first-order valence-corrected chi connectivity index (χ1v) is 6.41. The number of hydrogen-bond donors (Lipinski definition) is 2. The number of aromatic amines is 1. The van der Waals surface area contributed by atoms with Crippen molar-refractivity contribution in [2.45, 2.75) is 13.8 Å². The Hall–Kier alpha value is -2.63. The molecule has 2 aromatic rings. The summed E-state index contributed by atoms with van der Waals surface area (Å²) < 4.78 is 18.3. The zero-order valence-corrected chi connectivity index (χ0v) is 11.8. The van der Waals surface area contributed by atoms with E-state index < -0.39 is 11.7 Å². The number of carbonyl (C=O) groups is 1. The molecule has 1 heterocycles. The lowest BCUT2D eigenvalue weighted by Gasteiger charge is -2.05. The van der Waals surface area contributed by atoms with E-state index in [4.69, 9.17) is 4.74 Å². The van der Waals surface area contributed by atoms with Gasteiger partial charge in [-0.05, 0) is 32.0 Å². The van der Waals surface area contributed by atoms with Crippen molar-refractivity contribution in [1.29, 1.82) is 0 Å². The standard InChI is InChI=1S/C15H16FN3O2/c1-10-7-12(11(2)18-10)8-17-19-15(20)9-21-14-6-4-3-5-13(14)16/h3-8,18H,9H2,1-2H3,(H,19,20)/b17-8+. The number of para-hydroxylation sites is 1. The quantitative estimate of drug-likeness (QED) is 0.655. The van der Waals surface area contributed by atoms with Crippen molar-refractivity contribution in [3.05, 3.63) is 53.1 Å². The molecule has 0 radical (unpaired) electrons. The van der Waals surface area contributed by atoms with Crippen molar-refractivity contribution in [1.82, 2.24) is 10.4 Å². The van der Waals surface area contributed by atoms with E-state index in [9.17, 15) is 9.18 Å². The van der Waals surface area contributed by atoms with Crippen molar-refractivity contribution in [3.8, 4) is 5.75 Å². The summed E-state index contributed by atoms with van der Waals surface area (Å²) in [6.45, 7) is 3.55. The SMILES string of the molecule is Cc1cc(/C=N/NC(=O)COc2ccccc2F)c(C)[nH]1. The number of hydrazone groups is 1. The lowest BCUT2D eigenvalue weighted by molar-refractivity contribution is -0.123. The third-order valence-electron chi connectivity index (χ3n) is 2.78. The van der Waals surface area contributed by atoms with Crippen LogP contribution in [0.15, 0.2) is 35.4 Å². The van der Waals surface area contributed by atoms with Crippen LogP contribution in [0.2, 0.25) is 0 Å². The van der Waals surface area contributed by atoms with Gasteiger partial charge >= 0.3 is 0 Å². The second-order valence-corrected chi connectivity index (χ2v) is 4.54. The second kappa shape index (κ2) is 6.69. The smallest absolute Gasteiger partial charge is 0.277 e. The van der Waals surface area contributed by atoms with Gasteiger partial charge in [-0.2, -0.15) is 5.10 Å². The number of nitrogens with zero attached hydrogens (tertiary/aromatic N) is 1. The van der Waals surface area contributed by atoms with Gasteiger partial charge < -0.3 is 9.72 Å². The Balaban J connectivity index is 1.83. The summed E-state index contributed by atoms with van der Waals surface area (Å²) in [5.41, 5.74) is 5.20. The molecule has 21 heavy (non-hydrogen) atoms. The normalized spacial score (nSPS) is 10.8. The third-order valence-corrected chi connectivity index (χ3v) is 2.78. The molecule has 0 aliphatic rings. The minimum atomic E-state index is -0.507. The Kier molecular flexibility index (Phi) is 4.71. The van der Waals surface area contributed by atoms with Gasteiger partial charge in [-0.1, -0.05) is 12.1 Å². The molecule has 1 aromatic heterocycles. The Labute approximate surface area is 121 Å². The van der Waals surface area contributed by atoms with Gasteiger partial charge in [0.05, 0.1) is 6.21 Å². The highest BCUT2D eigenvalue weighted by molar-refractivity contribution is 5.84. The van der Waals surface area contributed by atoms with Crippen LogP contribution in [0.25, 0.3) is 0 Å². The summed E-state index contributed by atoms with van der Waals surface area (Å²) in [6.07, 6.45) is 1.54. The number of H-pyrrole nitrogens is 1. The molecular formula is C15H16FN3O2. The van der Waals surface area contributed by atoms with Gasteiger partial charge in [0.25, 0.3) is 5.91 Å². The highest BCUT2D eigenvalue weighted by Gasteiger charge is 2.05. The van der Waals surface area contributed by atoms with E-state index in [2.05, 4.69) is 15.5 Å². The first-order valence-electron chi connectivity index (χ1n) is 6.41. The van der Waals surface area contributed by atoms with Crippen LogP contribution in [0.1, 0.15) is 17.0 Å². The van der Waals surface area contributed by atoms with E-state index in [0.717, 1.165) is 17.0 Å². The highest BCUT2D eigenvalue weighted by atomic mass is 19.1. The molecule has 0 unspecified atom stereocenters. The minimum Gasteiger partial charge on any atom is -0.481 e. The van der Waals surface area contributed by atoms with Gasteiger partial charge in [0, 0.05) is 17.0 Å². The number of aromatic nitrogens is 1. The minimum absolute atomic E-state index is 0.0359. The topological polar surface area (TPSA) is 66.5 Å². The Morgan fingerprint density at radius 2 is 2.19 bits per heavy atom. The Morgan fingerprint density at radius 1 is 1.43 bits per heavy atom. The molecule has 110 valence electrons. The van der Waals surface area contributed by atoms with E-state index in [1.54, 1.807) is 18.3 Å². The average Bonchev–Trinajstić information content (AvgIpc) is 2.76. The number of amides is 1. The molecule has 0 saturated heterocycles. The van der Waals surface area contributed by atoms with Crippen molar-refractivity contribution in [2.24, 2.45) is 5.10 Å². The lowest BCUT2D eigenvalue weighted by Crippen LogP contribution is -2.24. The molecule has 0 aliphatic heterocycles. The molecule has 1 amide bonds. The number of nitrogens with one attached hydrogen (secondary N) is 2. The number of carbonyl (C=O) groups excluding carboxylic acids is 1. The predicted octanol–water partition coefficient (Wildman–Crippen LogP) is 2.30. The van der Waals surface area contributed by atoms with Gasteiger partial charge in [0.15, 0.2) is 18.2 Å². The summed E-state index contributed by atoms with van der Waals surface area (Å²) in [5, 5.41) is 3.83. The maximum absolute atomic E-state index is 13.3. The maximum Gasteiger partial charge on any atom is 0.277 e. The van der Waals surface area contributed by atoms with Crippen LogP contribution in [0.4, 0.5) is 4.39 Å². The van der Waals surface area contributed by atoms with Gasteiger partial charge in [0.2, 0.25) is 0 Å². The van der Waals surface area contributed by atoms with Crippen LogP contribution >= 0.6 is 0 Å². The molecule has 5 nitrogen and oxygen atoms in total. The molecule has 0 saturated carbocycles. The van der Waals surface area contributed by atoms with Crippen molar-refractivity contribution >= 4 is 12.1 Å². The number of rotatable bonds is 5. The molecule has 2 rings (SSSR count). The number of aryl methyl sites for hydroxylation is 2. The first-order chi connectivity index (χ1) is 10.1. The van der Waals surface area contributed by atoms with Crippen molar-refractivity contribution < 1.29 is 13.9 Å². The molecule has 0 bridgehead atoms. The molecule has 6 heteroatoms. The van der Waals surface area contributed by atoms with Crippen molar-refractivity contribution in [2.75, 3.05) is 6.61 Å². The monoisotopic (exact) mass is 289 g/mol. The number of benzene rings is 1. The van der Waals surface area contributed by atoms with Crippen LogP contribution in [-0.2, 0) is 4.79 Å². The van der Waals surface area contributed by atoms with Crippen LogP contribution in [0.3, 0.4) is 0 Å². The summed E-state index contributed by atoms with van der Waals surface area (Å²) in [4.78, 5) is 14.7. The maximum atomic E-state index is 13.3. The van der Waals surface area contributed by atoms with E-state index >= 15 is 0 Å². The number of halogens is 1. The van der Waals surface area contributed by atoms with Crippen LogP contribution in [0, 0.1) is 19.7 Å². The van der Waals surface area contributed by atoms with E-state index in [1.165, 1.54) is 12.1 Å². The largest absolute Gasteiger partial charge is 0.481 e. The molecule has 0 spiro atoms. The fourth-order valence-corrected chi connectivity index (χ4v) is 1.79. The Bertz CT molecular complexity index is 665. The average molecular weight is 289 g/mol. The fraction of sp³-hybridized carbons (Fsp3) is 0.200. The Morgan fingerprint density at radius 3 is 2.86 bits per heavy atom. The van der Waals surface area contributed by atoms with Crippen LogP contribution in [-0.4, -0.2) is 23.7 Å². The van der Waals surface area contributed by atoms with E-state index in [1.807, 2.05) is 19.9 Å². The first kappa shape index (κ1) is 14.8. The van der Waals surface area contributed by atoms with Crippen LogP contribution in [0.5, 0.6) is 5.75 Å². The molecule has 0 aliphatic carbocycles. The van der Waals surface area contributed by atoms with Crippen molar-refractivity contribution in [3.63, 3.8) is 0 Å². The van der Waals surface area contributed by atoms with E-state index in [0.29, 0.717) is 0 Å². The molecule has 2 N–H and O–H groups in total. The summed E-state index contributed by atoms with van der Waals surface area (Å²) in [7, 11) is 0. The summed E-state index contributed by atoms with van der Waals surface area (Å²) in [6, 6.07) is 7.82. The zero-order valence-electron chi connectivity index (χ0n) is 11.8. The molecule has 0 atom stereocenters.